The van der Waals surface area contributed by atoms with Crippen molar-refractivity contribution in [3.8, 4) is 11.5 Å². The molecule has 0 saturated heterocycles. The van der Waals surface area contributed by atoms with Gasteiger partial charge in [0, 0.05) is 6.07 Å². The third-order valence-corrected chi connectivity index (χ3v) is 2.65. The van der Waals surface area contributed by atoms with Gasteiger partial charge < -0.3 is 19.2 Å². The largest absolute Gasteiger partial charge is 0.497 e. The van der Waals surface area contributed by atoms with Crippen molar-refractivity contribution >= 4 is 23.2 Å². The number of carbonyl (C=O) groups is 1. The maximum absolute atomic E-state index is 11.9. The summed E-state index contributed by atoms with van der Waals surface area (Å²) >= 11 is 5.62. The molecule has 2 aromatic rings. The number of halogens is 1. The van der Waals surface area contributed by atoms with E-state index in [4.69, 9.17) is 25.5 Å². The summed E-state index contributed by atoms with van der Waals surface area (Å²) in [6, 6.07) is 8.08. The van der Waals surface area contributed by atoms with E-state index in [-0.39, 0.29) is 11.0 Å². The zero-order chi connectivity index (χ0) is 13.8. The molecule has 2 rings (SSSR count). The van der Waals surface area contributed by atoms with Crippen molar-refractivity contribution in [2.24, 2.45) is 0 Å². The molecule has 1 N–H and O–H groups in total. The van der Waals surface area contributed by atoms with Crippen molar-refractivity contribution in [2.75, 3.05) is 19.5 Å². The lowest BCUT2D eigenvalue weighted by molar-refractivity contribution is 0.0996. The molecular weight excluding hydrogens is 270 g/mol. The van der Waals surface area contributed by atoms with Gasteiger partial charge in [-0.15, -0.1) is 0 Å². The summed E-state index contributed by atoms with van der Waals surface area (Å²) in [6.07, 6.45) is 0. The van der Waals surface area contributed by atoms with E-state index in [1.807, 2.05) is 0 Å². The second-order valence-corrected chi connectivity index (χ2v) is 4.00. The minimum atomic E-state index is -0.418. The lowest BCUT2D eigenvalue weighted by atomic mass is 10.2. The van der Waals surface area contributed by atoms with Crippen LogP contribution < -0.4 is 14.8 Å². The van der Waals surface area contributed by atoms with E-state index < -0.39 is 5.91 Å². The van der Waals surface area contributed by atoms with E-state index in [0.29, 0.717) is 17.2 Å². The number of carbonyl (C=O) groups excluding carboxylic acids is 1. The second-order valence-electron chi connectivity index (χ2n) is 3.62. The number of nitrogens with one attached hydrogen (secondary N) is 1. The average molecular weight is 282 g/mol. The topological polar surface area (TPSA) is 60.7 Å². The van der Waals surface area contributed by atoms with Gasteiger partial charge in [-0.05, 0) is 35.9 Å². The summed E-state index contributed by atoms with van der Waals surface area (Å²) < 4.78 is 15.3. The van der Waals surface area contributed by atoms with E-state index in [1.165, 1.54) is 19.2 Å². The van der Waals surface area contributed by atoms with Crippen LogP contribution in [0.5, 0.6) is 11.5 Å². The molecule has 5 nitrogen and oxygen atoms in total. The fourth-order valence-electron chi connectivity index (χ4n) is 1.53. The van der Waals surface area contributed by atoms with Crippen LogP contribution in [0.4, 0.5) is 5.69 Å². The molecule has 0 bridgehead atoms. The molecular formula is C13H12ClNO4. The lowest BCUT2D eigenvalue weighted by Gasteiger charge is -2.10. The third-order valence-electron chi connectivity index (χ3n) is 2.45. The van der Waals surface area contributed by atoms with E-state index in [2.05, 4.69) is 5.32 Å². The van der Waals surface area contributed by atoms with Gasteiger partial charge in [0.15, 0.2) is 11.0 Å². The van der Waals surface area contributed by atoms with Crippen molar-refractivity contribution in [3.05, 3.63) is 41.3 Å². The van der Waals surface area contributed by atoms with Crippen LogP contribution in [0, 0.1) is 0 Å². The van der Waals surface area contributed by atoms with Gasteiger partial charge in [-0.3, -0.25) is 4.79 Å². The minimum Gasteiger partial charge on any atom is -0.497 e. The number of hydrogen-bond donors (Lipinski definition) is 1. The van der Waals surface area contributed by atoms with Crippen molar-refractivity contribution in [1.82, 2.24) is 0 Å². The van der Waals surface area contributed by atoms with Gasteiger partial charge in [0.2, 0.25) is 0 Å². The van der Waals surface area contributed by atoms with Gasteiger partial charge in [-0.25, -0.2) is 0 Å². The Morgan fingerprint density at radius 1 is 1.21 bits per heavy atom. The molecule has 0 aliphatic carbocycles. The molecule has 100 valence electrons. The zero-order valence-corrected chi connectivity index (χ0v) is 11.2. The Balaban J connectivity index is 2.24. The Bertz CT molecular complexity index is 594. The third kappa shape index (κ3) is 3.00. The Hall–Kier alpha value is -2.14. The molecule has 0 unspecified atom stereocenters. The van der Waals surface area contributed by atoms with Crippen LogP contribution in [0.15, 0.2) is 34.7 Å². The molecule has 19 heavy (non-hydrogen) atoms. The predicted octanol–water partition coefficient (Wildman–Crippen LogP) is 3.20. The van der Waals surface area contributed by atoms with Gasteiger partial charge in [0.1, 0.15) is 11.5 Å². The molecule has 1 heterocycles. The Morgan fingerprint density at radius 2 is 2.00 bits per heavy atom. The predicted molar refractivity (Wildman–Crippen MR) is 71.2 cm³/mol. The number of ether oxygens (including phenoxy) is 2. The van der Waals surface area contributed by atoms with Gasteiger partial charge in [-0.2, -0.15) is 0 Å². The van der Waals surface area contributed by atoms with Gasteiger partial charge >= 0.3 is 0 Å². The fraction of sp³-hybridized carbons (Fsp3) is 0.154. The van der Waals surface area contributed by atoms with Crippen molar-refractivity contribution in [1.29, 1.82) is 0 Å². The maximum Gasteiger partial charge on any atom is 0.291 e. The highest BCUT2D eigenvalue weighted by atomic mass is 35.5. The molecule has 1 amide bonds. The summed E-state index contributed by atoms with van der Waals surface area (Å²) in [6.45, 7) is 0. The average Bonchev–Trinajstić information content (AvgIpc) is 2.85. The Kier molecular flexibility index (Phi) is 3.97. The van der Waals surface area contributed by atoms with Gasteiger partial charge in [0.05, 0.1) is 19.9 Å². The highest BCUT2D eigenvalue weighted by molar-refractivity contribution is 6.29. The number of hydrogen-bond acceptors (Lipinski definition) is 4. The molecule has 0 saturated carbocycles. The first kappa shape index (κ1) is 13.3. The van der Waals surface area contributed by atoms with Crippen molar-refractivity contribution in [3.63, 3.8) is 0 Å². The molecule has 1 aromatic heterocycles. The van der Waals surface area contributed by atoms with E-state index >= 15 is 0 Å². The van der Waals surface area contributed by atoms with E-state index in [0.717, 1.165) is 0 Å². The van der Waals surface area contributed by atoms with E-state index in [1.54, 1.807) is 25.3 Å². The van der Waals surface area contributed by atoms with Crippen LogP contribution in [-0.4, -0.2) is 20.1 Å². The molecule has 0 fully saturated rings. The number of anilines is 1. The van der Waals surface area contributed by atoms with Gasteiger partial charge in [-0.1, -0.05) is 0 Å². The molecule has 1 aromatic carbocycles. The number of rotatable bonds is 4. The first-order valence-corrected chi connectivity index (χ1v) is 5.80. The first-order valence-electron chi connectivity index (χ1n) is 5.42. The van der Waals surface area contributed by atoms with Gasteiger partial charge in [0.25, 0.3) is 5.91 Å². The van der Waals surface area contributed by atoms with Crippen LogP contribution >= 0.6 is 11.6 Å². The summed E-state index contributed by atoms with van der Waals surface area (Å²) in [5.41, 5.74) is 0.486. The van der Waals surface area contributed by atoms with Crippen molar-refractivity contribution < 1.29 is 18.7 Å². The lowest BCUT2D eigenvalue weighted by Crippen LogP contribution is -2.11. The Labute approximate surface area is 115 Å². The molecule has 0 aliphatic heterocycles. The van der Waals surface area contributed by atoms with E-state index in [9.17, 15) is 4.79 Å². The monoisotopic (exact) mass is 281 g/mol. The summed E-state index contributed by atoms with van der Waals surface area (Å²) in [4.78, 5) is 11.9. The summed E-state index contributed by atoms with van der Waals surface area (Å²) in [5.74, 6) is 0.828. The Morgan fingerprint density at radius 3 is 2.58 bits per heavy atom. The zero-order valence-electron chi connectivity index (χ0n) is 10.4. The molecule has 0 radical (unpaired) electrons. The first-order chi connectivity index (χ1) is 9.13. The van der Waals surface area contributed by atoms with Crippen LogP contribution in [-0.2, 0) is 0 Å². The molecule has 0 atom stereocenters. The fourth-order valence-corrected chi connectivity index (χ4v) is 1.68. The number of amides is 1. The highest BCUT2D eigenvalue weighted by Gasteiger charge is 2.14. The molecule has 6 heteroatoms. The number of benzene rings is 1. The smallest absolute Gasteiger partial charge is 0.291 e. The SMILES string of the molecule is COc1ccc(OC)c(NC(=O)c2ccc(Cl)o2)c1. The quantitative estimate of drug-likeness (QED) is 0.935. The number of furan rings is 1. The second kappa shape index (κ2) is 5.67. The normalized spacial score (nSPS) is 10.1. The number of methoxy groups -OCH3 is 2. The molecule has 0 aliphatic rings. The summed E-state index contributed by atoms with van der Waals surface area (Å²) in [5, 5.41) is 2.82. The standard InChI is InChI=1S/C13H12ClNO4/c1-17-8-3-4-10(18-2)9(7-8)15-13(16)11-5-6-12(14)19-11/h3-7H,1-2H3,(H,15,16). The van der Waals surface area contributed by atoms with Crippen LogP contribution in [0.2, 0.25) is 5.22 Å². The van der Waals surface area contributed by atoms with Crippen LogP contribution in [0.25, 0.3) is 0 Å². The highest BCUT2D eigenvalue weighted by Crippen LogP contribution is 2.29. The van der Waals surface area contributed by atoms with Crippen LogP contribution in [0.3, 0.4) is 0 Å². The minimum absolute atomic E-state index is 0.120. The maximum atomic E-state index is 11.9. The van der Waals surface area contributed by atoms with Crippen LogP contribution in [0.1, 0.15) is 10.6 Å². The molecule has 0 spiro atoms. The summed E-state index contributed by atoms with van der Waals surface area (Å²) in [7, 11) is 3.06. The van der Waals surface area contributed by atoms with Crippen molar-refractivity contribution in [2.45, 2.75) is 0 Å².